The Bertz CT molecular complexity index is 623. The van der Waals surface area contributed by atoms with E-state index in [1.54, 1.807) is 0 Å². The van der Waals surface area contributed by atoms with E-state index >= 15 is 0 Å². The Morgan fingerprint density at radius 2 is 2.05 bits per heavy atom. The van der Waals surface area contributed by atoms with Crippen molar-refractivity contribution < 1.29 is 22.7 Å². The second-order valence-electron chi connectivity index (χ2n) is 4.77. The Labute approximate surface area is 123 Å². The van der Waals surface area contributed by atoms with Gasteiger partial charge in [-0.25, -0.2) is 13.6 Å². The van der Waals surface area contributed by atoms with E-state index in [1.807, 2.05) is 0 Å². The third-order valence-electron chi connectivity index (χ3n) is 3.29. The second kappa shape index (κ2) is 6.42. The number of carbonyl (C=O) groups excluding carboxylic acids is 1. The molecule has 0 bridgehead atoms. The Morgan fingerprint density at radius 1 is 1.38 bits per heavy atom. The van der Waals surface area contributed by atoms with Gasteiger partial charge in [0.05, 0.1) is 7.11 Å². The molecule has 2 rings (SSSR count). The van der Waals surface area contributed by atoms with Gasteiger partial charge in [-0.15, -0.1) is 0 Å². The van der Waals surface area contributed by atoms with Crippen molar-refractivity contribution in [2.45, 2.75) is 23.8 Å². The fraction of sp³-hybridized carbons (Fsp3) is 0.462. The molecule has 1 aromatic carbocycles. The number of nitrogens with two attached hydrogens (primary N) is 1. The molecule has 1 aliphatic rings. The van der Waals surface area contributed by atoms with Crippen molar-refractivity contribution in [3.8, 4) is 5.75 Å². The Hall–Kier alpha value is -1.64. The smallest absolute Gasteiger partial charge is 0.251 e. The van der Waals surface area contributed by atoms with Crippen LogP contribution in [0.3, 0.4) is 0 Å². The lowest BCUT2D eigenvalue weighted by atomic mass is 10.1. The van der Waals surface area contributed by atoms with E-state index in [9.17, 15) is 13.2 Å². The molecule has 7 nitrogen and oxygen atoms in total. The quantitative estimate of drug-likeness (QED) is 0.828. The summed E-state index contributed by atoms with van der Waals surface area (Å²) in [6, 6.07) is 4.18. The first-order valence-electron chi connectivity index (χ1n) is 6.51. The molecular weight excluding hydrogens is 296 g/mol. The molecule has 0 aliphatic carbocycles. The van der Waals surface area contributed by atoms with E-state index < -0.39 is 10.0 Å². The summed E-state index contributed by atoms with van der Waals surface area (Å²) < 4.78 is 33.2. The molecule has 3 N–H and O–H groups in total. The largest absolute Gasteiger partial charge is 0.495 e. The lowest BCUT2D eigenvalue weighted by Gasteiger charge is -2.23. The number of nitrogens with one attached hydrogen (secondary N) is 1. The van der Waals surface area contributed by atoms with E-state index in [1.165, 1.54) is 25.3 Å². The number of primary sulfonamides is 1. The van der Waals surface area contributed by atoms with Crippen LogP contribution >= 0.6 is 0 Å². The zero-order chi connectivity index (χ0) is 15.5. The number of ether oxygens (including phenoxy) is 2. The van der Waals surface area contributed by atoms with Crippen molar-refractivity contribution in [3.63, 3.8) is 0 Å². The minimum atomic E-state index is -3.96. The van der Waals surface area contributed by atoms with Gasteiger partial charge in [-0.2, -0.15) is 0 Å². The summed E-state index contributed by atoms with van der Waals surface area (Å²) in [5, 5.41) is 7.99. The van der Waals surface area contributed by atoms with Crippen molar-refractivity contribution in [3.05, 3.63) is 23.8 Å². The van der Waals surface area contributed by atoms with Gasteiger partial charge in [-0.05, 0) is 31.0 Å². The Balaban J connectivity index is 2.21. The zero-order valence-corrected chi connectivity index (χ0v) is 12.5. The molecule has 0 radical (unpaired) electrons. The molecule has 1 aliphatic heterocycles. The molecule has 0 unspecified atom stereocenters. The standard InChI is InChI=1S/C13H18N2O5S/c1-19-11-3-2-9(8-12(11)21(14,17)18)13(16)15-10-4-6-20-7-5-10/h2-3,8,10H,4-7H2,1H3,(H,15,16)(H2,14,17,18). The van der Waals surface area contributed by atoms with Crippen LogP contribution in [0.15, 0.2) is 23.1 Å². The predicted molar refractivity (Wildman–Crippen MR) is 75.7 cm³/mol. The van der Waals surface area contributed by atoms with Gasteiger partial charge >= 0.3 is 0 Å². The van der Waals surface area contributed by atoms with Gasteiger partial charge in [-0.3, -0.25) is 4.79 Å². The van der Waals surface area contributed by atoms with Gasteiger partial charge in [0.25, 0.3) is 5.91 Å². The fourth-order valence-corrected chi connectivity index (χ4v) is 2.87. The molecule has 0 spiro atoms. The zero-order valence-electron chi connectivity index (χ0n) is 11.7. The first-order chi connectivity index (χ1) is 9.91. The van der Waals surface area contributed by atoms with Crippen molar-refractivity contribution in [1.82, 2.24) is 5.32 Å². The van der Waals surface area contributed by atoms with Crippen LogP contribution in [0.4, 0.5) is 0 Å². The van der Waals surface area contributed by atoms with Crippen molar-refractivity contribution in [2.24, 2.45) is 5.14 Å². The highest BCUT2D eigenvalue weighted by molar-refractivity contribution is 7.89. The number of benzene rings is 1. The minimum absolute atomic E-state index is 0.0336. The average molecular weight is 314 g/mol. The van der Waals surface area contributed by atoms with Gasteiger partial charge < -0.3 is 14.8 Å². The van der Waals surface area contributed by atoms with Crippen LogP contribution in [0.2, 0.25) is 0 Å². The summed E-state index contributed by atoms with van der Waals surface area (Å²) in [7, 11) is -2.62. The number of hydrogen-bond donors (Lipinski definition) is 2. The molecule has 21 heavy (non-hydrogen) atoms. The number of sulfonamides is 1. The topological polar surface area (TPSA) is 108 Å². The summed E-state index contributed by atoms with van der Waals surface area (Å²) in [6.07, 6.45) is 1.48. The maximum Gasteiger partial charge on any atom is 0.251 e. The van der Waals surface area contributed by atoms with Crippen LogP contribution in [-0.2, 0) is 14.8 Å². The average Bonchev–Trinajstić information content (AvgIpc) is 2.46. The first-order valence-corrected chi connectivity index (χ1v) is 8.06. The summed E-state index contributed by atoms with van der Waals surface area (Å²) in [6.45, 7) is 1.21. The maximum absolute atomic E-state index is 12.2. The summed E-state index contributed by atoms with van der Waals surface area (Å²) in [5.74, 6) is -0.227. The number of hydrogen-bond acceptors (Lipinski definition) is 5. The lowest BCUT2D eigenvalue weighted by Crippen LogP contribution is -2.38. The molecule has 1 fully saturated rings. The predicted octanol–water partition coefficient (Wildman–Crippen LogP) is 0.251. The van der Waals surface area contributed by atoms with Crippen LogP contribution in [-0.4, -0.2) is 40.7 Å². The summed E-state index contributed by atoms with van der Waals surface area (Å²) >= 11 is 0. The molecule has 8 heteroatoms. The maximum atomic E-state index is 12.2. The number of amides is 1. The van der Waals surface area contributed by atoms with E-state index in [4.69, 9.17) is 14.6 Å². The first kappa shape index (κ1) is 15.7. The van der Waals surface area contributed by atoms with Gasteiger partial charge in [0.15, 0.2) is 0 Å². The lowest BCUT2D eigenvalue weighted by molar-refractivity contribution is 0.0696. The Kier molecular flexibility index (Phi) is 4.81. The van der Waals surface area contributed by atoms with Crippen LogP contribution in [0.25, 0.3) is 0 Å². The molecule has 0 saturated carbocycles. The molecule has 0 atom stereocenters. The highest BCUT2D eigenvalue weighted by Gasteiger charge is 2.20. The van der Waals surface area contributed by atoms with Gasteiger partial charge in [-0.1, -0.05) is 0 Å². The third kappa shape index (κ3) is 3.93. The SMILES string of the molecule is COc1ccc(C(=O)NC2CCOCC2)cc1S(N)(=O)=O. The molecule has 1 saturated heterocycles. The van der Waals surface area contributed by atoms with Crippen LogP contribution in [0.5, 0.6) is 5.75 Å². The van der Waals surface area contributed by atoms with E-state index in [2.05, 4.69) is 5.32 Å². The number of carbonyl (C=O) groups is 1. The number of methoxy groups -OCH3 is 1. The third-order valence-corrected chi connectivity index (χ3v) is 4.22. The molecule has 1 aromatic rings. The molecule has 1 amide bonds. The van der Waals surface area contributed by atoms with E-state index in [0.29, 0.717) is 13.2 Å². The van der Waals surface area contributed by atoms with E-state index in [-0.39, 0.29) is 28.2 Å². The van der Waals surface area contributed by atoms with Gasteiger partial charge in [0, 0.05) is 24.8 Å². The van der Waals surface area contributed by atoms with Gasteiger partial charge in [0.1, 0.15) is 10.6 Å². The highest BCUT2D eigenvalue weighted by Crippen LogP contribution is 2.23. The summed E-state index contributed by atoms with van der Waals surface area (Å²) in [5.41, 5.74) is 0.228. The summed E-state index contributed by atoms with van der Waals surface area (Å²) in [4.78, 5) is 12.0. The molecule has 1 heterocycles. The van der Waals surface area contributed by atoms with Crippen LogP contribution in [0, 0.1) is 0 Å². The van der Waals surface area contributed by atoms with Crippen LogP contribution in [0.1, 0.15) is 23.2 Å². The van der Waals surface area contributed by atoms with E-state index in [0.717, 1.165) is 12.8 Å². The normalized spacial score (nSPS) is 16.5. The molecular formula is C13H18N2O5S. The monoisotopic (exact) mass is 314 g/mol. The van der Waals surface area contributed by atoms with Crippen molar-refractivity contribution in [1.29, 1.82) is 0 Å². The van der Waals surface area contributed by atoms with Crippen LogP contribution < -0.4 is 15.2 Å². The second-order valence-corrected chi connectivity index (χ2v) is 6.30. The van der Waals surface area contributed by atoms with Crippen molar-refractivity contribution in [2.75, 3.05) is 20.3 Å². The molecule has 116 valence electrons. The fourth-order valence-electron chi connectivity index (χ4n) is 2.15. The number of rotatable bonds is 4. The minimum Gasteiger partial charge on any atom is -0.495 e. The highest BCUT2D eigenvalue weighted by atomic mass is 32.2. The van der Waals surface area contributed by atoms with Gasteiger partial charge in [0.2, 0.25) is 10.0 Å². The molecule has 0 aromatic heterocycles. The Morgan fingerprint density at radius 3 is 2.62 bits per heavy atom. The van der Waals surface area contributed by atoms with Crippen molar-refractivity contribution >= 4 is 15.9 Å².